The highest BCUT2D eigenvalue weighted by Gasteiger charge is 2.19. The Morgan fingerprint density at radius 1 is 0.947 bits per heavy atom. The summed E-state index contributed by atoms with van der Waals surface area (Å²) >= 11 is 0. The average molecular weight is 255 g/mol. The summed E-state index contributed by atoms with van der Waals surface area (Å²) < 4.78 is 0. The van der Waals surface area contributed by atoms with Crippen LogP contribution in [0.3, 0.4) is 0 Å². The van der Waals surface area contributed by atoms with Gasteiger partial charge in [0.15, 0.2) is 5.78 Å². The van der Waals surface area contributed by atoms with Crippen molar-refractivity contribution in [3.05, 3.63) is 89.0 Å². The molecule has 0 unspecified atom stereocenters. The Morgan fingerprint density at radius 3 is 2.05 bits per heavy atom. The average Bonchev–Trinajstić information content (AvgIpc) is 2.49. The summed E-state index contributed by atoms with van der Waals surface area (Å²) in [5.74, 6) is -0.335. The van der Waals surface area contributed by atoms with Crippen LogP contribution in [0.1, 0.15) is 15.9 Å². The van der Waals surface area contributed by atoms with Crippen molar-refractivity contribution in [2.45, 2.75) is 0 Å². The minimum Gasteiger partial charge on any atom is -0.288 e. The third kappa shape index (κ3) is 3.35. The molecule has 0 radical (unpaired) electrons. The Balaban J connectivity index is 0.000000861. The highest BCUT2D eigenvalue weighted by Crippen LogP contribution is 2.20. The Bertz CT molecular complexity index is 579. The molecule has 96 valence electrons. The van der Waals surface area contributed by atoms with Crippen LogP contribution in [0.2, 0.25) is 0 Å². The van der Waals surface area contributed by atoms with E-state index in [1.165, 1.54) is 12.1 Å². The van der Waals surface area contributed by atoms with E-state index in [1.54, 1.807) is 42.5 Å². The van der Waals surface area contributed by atoms with E-state index in [2.05, 4.69) is 13.2 Å². The molecule has 0 aromatic heterocycles. The van der Waals surface area contributed by atoms with Gasteiger partial charge >= 0.3 is 0 Å². The number of rotatable bonds is 3. The van der Waals surface area contributed by atoms with Crippen LogP contribution in [0, 0.1) is 10.1 Å². The molecule has 0 saturated heterocycles. The molecule has 0 spiro atoms. The number of carbonyl (C=O) groups excluding carboxylic acids is 1. The molecule has 0 bridgehead atoms. The molecule has 0 heterocycles. The second-order valence-electron chi connectivity index (χ2n) is 3.47. The van der Waals surface area contributed by atoms with Crippen molar-refractivity contribution in [1.82, 2.24) is 0 Å². The number of nitrogens with zero attached hydrogens (tertiary/aromatic N) is 1. The zero-order valence-electron chi connectivity index (χ0n) is 10.3. The SMILES string of the molecule is C=C.O=C(c1ccccc1)c1ccccc1[N+](=O)[O-]. The molecule has 0 N–H and O–H groups in total. The maximum absolute atomic E-state index is 12.1. The molecule has 0 amide bonds. The lowest BCUT2D eigenvalue weighted by atomic mass is 10.0. The molecule has 19 heavy (non-hydrogen) atoms. The topological polar surface area (TPSA) is 60.2 Å². The largest absolute Gasteiger partial charge is 0.288 e. The van der Waals surface area contributed by atoms with E-state index in [0.717, 1.165) is 0 Å². The normalized spacial score (nSPS) is 9.05. The van der Waals surface area contributed by atoms with E-state index in [4.69, 9.17) is 0 Å². The van der Waals surface area contributed by atoms with Crippen molar-refractivity contribution in [2.75, 3.05) is 0 Å². The van der Waals surface area contributed by atoms with Crippen LogP contribution in [-0.2, 0) is 0 Å². The number of nitro benzene ring substituents is 1. The lowest BCUT2D eigenvalue weighted by molar-refractivity contribution is -0.385. The fourth-order valence-corrected chi connectivity index (χ4v) is 1.57. The molecule has 0 aliphatic rings. The van der Waals surface area contributed by atoms with E-state index >= 15 is 0 Å². The Morgan fingerprint density at radius 2 is 1.47 bits per heavy atom. The number of ketones is 1. The van der Waals surface area contributed by atoms with E-state index < -0.39 is 4.92 Å². The van der Waals surface area contributed by atoms with Crippen LogP contribution in [0.5, 0.6) is 0 Å². The number of hydrogen-bond acceptors (Lipinski definition) is 3. The van der Waals surface area contributed by atoms with Crippen molar-refractivity contribution in [3.63, 3.8) is 0 Å². The van der Waals surface area contributed by atoms with Crippen LogP contribution < -0.4 is 0 Å². The predicted molar refractivity (Wildman–Crippen MR) is 74.2 cm³/mol. The van der Waals surface area contributed by atoms with E-state index in [9.17, 15) is 14.9 Å². The van der Waals surface area contributed by atoms with Crippen LogP contribution >= 0.6 is 0 Å². The second kappa shape index (κ2) is 6.86. The van der Waals surface area contributed by atoms with Gasteiger partial charge in [0.05, 0.1) is 4.92 Å². The van der Waals surface area contributed by atoms with Gasteiger partial charge < -0.3 is 0 Å². The van der Waals surface area contributed by atoms with Crippen LogP contribution in [0.4, 0.5) is 5.69 Å². The van der Waals surface area contributed by atoms with E-state index in [1.807, 2.05) is 0 Å². The first-order valence-electron chi connectivity index (χ1n) is 5.53. The van der Waals surface area contributed by atoms with E-state index in [0.29, 0.717) is 5.56 Å². The van der Waals surface area contributed by atoms with Gasteiger partial charge in [-0.3, -0.25) is 14.9 Å². The lowest BCUT2D eigenvalue weighted by Gasteiger charge is -2.01. The highest BCUT2D eigenvalue weighted by atomic mass is 16.6. The third-order valence-electron chi connectivity index (χ3n) is 2.38. The Hall–Kier alpha value is -2.75. The number of hydrogen-bond donors (Lipinski definition) is 0. The quantitative estimate of drug-likeness (QED) is 0.364. The van der Waals surface area contributed by atoms with E-state index in [-0.39, 0.29) is 17.0 Å². The molecular weight excluding hydrogens is 242 g/mol. The van der Waals surface area contributed by atoms with Gasteiger partial charge in [-0.2, -0.15) is 0 Å². The summed E-state index contributed by atoms with van der Waals surface area (Å²) in [5, 5.41) is 10.8. The van der Waals surface area contributed by atoms with Gasteiger partial charge in [0.1, 0.15) is 5.56 Å². The zero-order chi connectivity index (χ0) is 14.3. The van der Waals surface area contributed by atoms with Gasteiger partial charge in [0, 0.05) is 11.6 Å². The van der Waals surface area contributed by atoms with Crippen LogP contribution in [0.25, 0.3) is 0 Å². The summed E-state index contributed by atoms with van der Waals surface area (Å²) in [6, 6.07) is 14.5. The molecule has 0 fully saturated rings. The number of carbonyl (C=O) groups is 1. The fraction of sp³-hybridized carbons (Fsp3) is 0. The minimum atomic E-state index is -0.545. The van der Waals surface area contributed by atoms with Crippen molar-refractivity contribution in [2.24, 2.45) is 0 Å². The standard InChI is InChI=1S/C13H9NO3.C2H4/c15-13(10-6-2-1-3-7-10)11-8-4-5-9-12(11)14(16)17;1-2/h1-9H;1-2H2. The maximum atomic E-state index is 12.1. The molecule has 0 saturated carbocycles. The molecule has 2 aromatic rings. The number of para-hydroxylation sites is 1. The second-order valence-corrected chi connectivity index (χ2v) is 3.47. The van der Waals surface area contributed by atoms with Crippen molar-refractivity contribution in [3.8, 4) is 0 Å². The molecule has 0 aliphatic carbocycles. The number of nitro groups is 1. The molecular formula is C15H13NO3. The lowest BCUT2D eigenvalue weighted by Crippen LogP contribution is -2.04. The van der Waals surface area contributed by atoms with Gasteiger partial charge in [-0.15, -0.1) is 13.2 Å². The minimum absolute atomic E-state index is 0.115. The Kier molecular flexibility index (Phi) is 5.17. The van der Waals surface area contributed by atoms with Crippen molar-refractivity contribution in [1.29, 1.82) is 0 Å². The summed E-state index contributed by atoms with van der Waals surface area (Å²) in [7, 11) is 0. The predicted octanol–water partition coefficient (Wildman–Crippen LogP) is 3.63. The Labute approximate surface area is 111 Å². The van der Waals surface area contributed by atoms with Crippen LogP contribution in [0.15, 0.2) is 67.8 Å². The smallest absolute Gasteiger partial charge is 0.280 e. The molecule has 2 rings (SSSR count). The third-order valence-corrected chi connectivity index (χ3v) is 2.38. The fourth-order valence-electron chi connectivity index (χ4n) is 1.57. The van der Waals surface area contributed by atoms with Gasteiger partial charge in [-0.25, -0.2) is 0 Å². The van der Waals surface area contributed by atoms with Gasteiger partial charge in [0.25, 0.3) is 5.69 Å². The van der Waals surface area contributed by atoms with Crippen molar-refractivity contribution >= 4 is 11.5 Å². The zero-order valence-corrected chi connectivity index (χ0v) is 10.3. The van der Waals surface area contributed by atoms with Gasteiger partial charge in [-0.05, 0) is 6.07 Å². The summed E-state index contributed by atoms with van der Waals surface area (Å²) in [5.41, 5.74) is 0.395. The van der Waals surface area contributed by atoms with Gasteiger partial charge in [0.2, 0.25) is 0 Å². The molecule has 4 nitrogen and oxygen atoms in total. The first kappa shape index (κ1) is 14.3. The molecule has 2 aromatic carbocycles. The van der Waals surface area contributed by atoms with Crippen LogP contribution in [-0.4, -0.2) is 10.7 Å². The molecule has 0 atom stereocenters. The summed E-state index contributed by atoms with van der Waals surface area (Å²) in [6.07, 6.45) is 0. The molecule has 0 aliphatic heterocycles. The molecule has 4 heteroatoms. The highest BCUT2D eigenvalue weighted by molar-refractivity contribution is 6.11. The van der Waals surface area contributed by atoms with Crippen molar-refractivity contribution < 1.29 is 9.72 Å². The number of benzene rings is 2. The summed E-state index contributed by atoms with van der Waals surface area (Å²) in [6.45, 7) is 6.00. The van der Waals surface area contributed by atoms with Gasteiger partial charge in [-0.1, -0.05) is 42.5 Å². The maximum Gasteiger partial charge on any atom is 0.280 e. The monoisotopic (exact) mass is 255 g/mol. The summed E-state index contributed by atoms with van der Waals surface area (Å²) in [4.78, 5) is 22.3. The first-order valence-corrected chi connectivity index (χ1v) is 5.53. The first-order chi connectivity index (χ1) is 9.20.